The number of benzene rings is 2. The number of amides is 1. The molecule has 26 heavy (non-hydrogen) atoms. The van der Waals surface area contributed by atoms with Gasteiger partial charge in [-0.05, 0) is 36.4 Å². The molecule has 0 spiro atoms. The van der Waals surface area contributed by atoms with E-state index in [1.165, 1.54) is 22.7 Å². The molecule has 0 bridgehead atoms. The van der Waals surface area contributed by atoms with E-state index in [1.807, 2.05) is 36.4 Å². The summed E-state index contributed by atoms with van der Waals surface area (Å²) < 4.78 is 1.58. The summed E-state index contributed by atoms with van der Waals surface area (Å²) in [4.78, 5) is 21.9. The first kappa shape index (κ1) is 17.0. The van der Waals surface area contributed by atoms with Crippen molar-refractivity contribution in [2.24, 2.45) is 0 Å². The predicted octanol–water partition coefficient (Wildman–Crippen LogP) is 5.27. The van der Waals surface area contributed by atoms with E-state index in [4.69, 9.17) is 11.6 Å². The number of halogens is 1. The summed E-state index contributed by atoms with van der Waals surface area (Å²) in [5.41, 5.74) is 2.39. The average molecular weight is 401 g/mol. The monoisotopic (exact) mass is 400 g/mol. The Balaban J connectivity index is 1.40. The Morgan fingerprint density at radius 3 is 2.62 bits per heavy atom. The van der Waals surface area contributed by atoms with Crippen LogP contribution in [0.3, 0.4) is 0 Å². The summed E-state index contributed by atoms with van der Waals surface area (Å²) in [6.07, 6.45) is 1.75. The Hall–Kier alpha value is -2.48. The van der Waals surface area contributed by atoms with Crippen LogP contribution in [-0.4, -0.2) is 15.9 Å². The van der Waals surface area contributed by atoms with E-state index in [2.05, 4.69) is 20.6 Å². The average Bonchev–Trinajstić information content (AvgIpc) is 3.25. The molecule has 5 nitrogen and oxygen atoms in total. The highest BCUT2D eigenvalue weighted by Gasteiger charge is 2.10. The standard InChI is InChI=1S/C18H13ClN4OS2/c19-17-21-10-13(25-17)9-20-12-7-5-11(6-8-12)16(24)23-18-22-14-3-1-2-4-15(14)26-18/h1-8,10,20H,9H2,(H,22,23,24). The fourth-order valence-corrected chi connectivity index (χ4v) is 4.17. The molecule has 2 N–H and O–H groups in total. The number of nitrogens with zero attached hydrogens (tertiary/aromatic N) is 2. The van der Waals surface area contributed by atoms with E-state index >= 15 is 0 Å². The topological polar surface area (TPSA) is 66.9 Å². The van der Waals surface area contributed by atoms with E-state index in [1.54, 1.807) is 18.3 Å². The van der Waals surface area contributed by atoms with Gasteiger partial charge in [-0.3, -0.25) is 10.1 Å². The third kappa shape index (κ3) is 3.85. The fourth-order valence-electron chi connectivity index (χ4n) is 2.39. The summed E-state index contributed by atoms with van der Waals surface area (Å²) in [6.45, 7) is 0.641. The van der Waals surface area contributed by atoms with Crippen molar-refractivity contribution in [2.75, 3.05) is 10.6 Å². The summed E-state index contributed by atoms with van der Waals surface area (Å²) in [5.74, 6) is -0.176. The number of hydrogen-bond donors (Lipinski definition) is 2. The van der Waals surface area contributed by atoms with E-state index in [0.29, 0.717) is 21.7 Å². The molecule has 2 heterocycles. The van der Waals surface area contributed by atoms with Gasteiger partial charge in [-0.2, -0.15) is 0 Å². The van der Waals surface area contributed by atoms with Crippen molar-refractivity contribution in [3.05, 3.63) is 69.6 Å². The molecule has 0 saturated heterocycles. The second kappa shape index (κ2) is 7.41. The molecular weight excluding hydrogens is 388 g/mol. The summed E-state index contributed by atoms with van der Waals surface area (Å²) in [6, 6.07) is 15.1. The Morgan fingerprint density at radius 2 is 1.88 bits per heavy atom. The minimum absolute atomic E-state index is 0.176. The molecule has 8 heteroatoms. The number of rotatable bonds is 5. The van der Waals surface area contributed by atoms with E-state index in [0.717, 1.165) is 20.8 Å². The van der Waals surface area contributed by atoms with Gasteiger partial charge >= 0.3 is 0 Å². The number of para-hydroxylation sites is 1. The summed E-state index contributed by atoms with van der Waals surface area (Å²) in [7, 11) is 0. The molecular formula is C18H13ClN4OS2. The zero-order valence-electron chi connectivity index (χ0n) is 13.4. The molecule has 130 valence electrons. The van der Waals surface area contributed by atoms with Crippen molar-refractivity contribution in [1.82, 2.24) is 9.97 Å². The van der Waals surface area contributed by atoms with Crippen LogP contribution in [-0.2, 0) is 6.54 Å². The van der Waals surface area contributed by atoms with Gasteiger partial charge < -0.3 is 5.32 Å². The van der Waals surface area contributed by atoms with Crippen molar-refractivity contribution in [2.45, 2.75) is 6.54 Å². The van der Waals surface area contributed by atoms with Crippen LogP contribution in [0, 0.1) is 0 Å². The minimum atomic E-state index is -0.176. The Morgan fingerprint density at radius 1 is 1.08 bits per heavy atom. The molecule has 0 aliphatic heterocycles. The van der Waals surface area contributed by atoms with Crippen LogP contribution < -0.4 is 10.6 Å². The highest BCUT2D eigenvalue weighted by Crippen LogP contribution is 2.26. The lowest BCUT2D eigenvalue weighted by Crippen LogP contribution is -2.11. The molecule has 1 amide bonds. The van der Waals surface area contributed by atoms with Crippen LogP contribution in [0.5, 0.6) is 0 Å². The lowest BCUT2D eigenvalue weighted by atomic mass is 10.2. The minimum Gasteiger partial charge on any atom is -0.380 e. The van der Waals surface area contributed by atoms with Crippen LogP contribution >= 0.6 is 34.3 Å². The highest BCUT2D eigenvalue weighted by molar-refractivity contribution is 7.22. The van der Waals surface area contributed by atoms with Gasteiger partial charge in [0, 0.05) is 22.3 Å². The Kier molecular flexibility index (Phi) is 4.83. The van der Waals surface area contributed by atoms with Gasteiger partial charge in [0.2, 0.25) is 0 Å². The highest BCUT2D eigenvalue weighted by atomic mass is 35.5. The van der Waals surface area contributed by atoms with Gasteiger partial charge in [-0.1, -0.05) is 35.1 Å². The number of anilines is 2. The van der Waals surface area contributed by atoms with Gasteiger partial charge in [0.1, 0.15) is 0 Å². The largest absolute Gasteiger partial charge is 0.380 e. The molecule has 0 unspecified atom stereocenters. The Bertz CT molecular complexity index is 1030. The lowest BCUT2D eigenvalue weighted by molar-refractivity contribution is 0.102. The van der Waals surface area contributed by atoms with E-state index in [-0.39, 0.29) is 5.91 Å². The molecule has 0 fully saturated rings. The molecule has 0 radical (unpaired) electrons. The number of nitrogens with one attached hydrogen (secondary N) is 2. The van der Waals surface area contributed by atoms with Gasteiger partial charge in [0.15, 0.2) is 9.60 Å². The van der Waals surface area contributed by atoms with Crippen LogP contribution in [0.2, 0.25) is 4.47 Å². The fraction of sp³-hybridized carbons (Fsp3) is 0.0556. The van der Waals surface area contributed by atoms with E-state index < -0.39 is 0 Å². The molecule has 4 aromatic rings. The van der Waals surface area contributed by atoms with E-state index in [9.17, 15) is 4.79 Å². The van der Waals surface area contributed by atoms with Crippen molar-refractivity contribution in [1.29, 1.82) is 0 Å². The normalized spacial score (nSPS) is 10.8. The molecule has 0 aliphatic carbocycles. The van der Waals surface area contributed by atoms with Crippen molar-refractivity contribution >= 4 is 61.2 Å². The zero-order valence-corrected chi connectivity index (χ0v) is 15.8. The van der Waals surface area contributed by atoms with Crippen molar-refractivity contribution in [3.8, 4) is 0 Å². The van der Waals surface area contributed by atoms with Crippen molar-refractivity contribution < 1.29 is 4.79 Å². The van der Waals surface area contributed by atoms with Crippen LogP contribution in [0.4, 0.5) is 10.8 Å². The SMILES string of the molecule is O=C(Nc1nc2ccccc2s1)c1ccc(NCc2cnc(Cl)s2)cc1. The number of hydrogen-bond acceptors (Lipinski definition) is 6. The quantitative estimate of drug-likeness (QED) is 0.478. The molecule has 4 rings (SSSR count). The first-order chi connectivity index (χ1) is 12.7. The zero-order chi connectivity index (χ0) is 17.9. The Labute approximate surface area is 162 Å². The van der Waals surface area contributed by atoms with Gasteiger partial charge in [0.25, 0.3) is 5.91 Å². The first-order valence-corrected chi connectivity index (χ1v) is 9.79. The maximum absolute atomic E-state index is 12.4. The van der Waals surface area contributed by atoms with Crippen molar-refractivity contribution in [3.63, 3.8) is 0 Å². The number of thiazole rings is 2. The number of carbonyl (C=O) groups is 1. The van der Waals surface area contributed by atoms with Crippen LogP contribution in [0.1, 0.15) is 15.2 Å². The number of aromatic nitrogens is 2. The second-order valence-corrected chi connectivity index (χ2v) is 8.18. The lowest BCUT2D eigenvalue weighted by Gasteiger charge is -2.06. The molecule has 0 atom stereocenters. The van der Waals surface area contributed by atoms with Crippen LogP contribution in [0.15, 0.2) is 54.7 Å². The maximum Gasteiger partial charge on any atom is 0.257 e. The molecule has 0 saturated carbocycles. The smallest absolute Gasteiger partial charge is 0.257 e. The second-order valence-electron chi connectivity index (χ2n) is 5.45. The number of fused-ring (bicyclic) bond motifs is 1. The molecule has 2 aromatic heterocycles. The molecule has 0 aliphatic rings. The third-order valence-electron chi connectivity index (χ3n) is 3.65. The van der Waals surface area contributed by atoms with Gasteiger partial charge in [-0.25, -0.2) is 9.97 Å². The van der Waals surface area contributed by atoms with Crippen LogP contribution in [0.25, 0.3) is 10.2 Å². The van der Waals surface area contributed by atoms with Gasteiger partial charge in [0.05, 0.1) is 16.8 Å². The predicted molar refractivity (Wildman–Crippen MR) is 108 cm³/mol. The third-order valence-corrected chi connectivity index (χ3v) is 5.72. The molecule has 2 aromatic carbocycles. The van der Waals surface area contributed by atoms with Gasteiger partial charge in [-0.15, -0.1) is 11.3 Å². The summed E-state index contributed by atoms with van der Waals surface area (Å²) in [5, 5.41) is 6.73. The first-order valence-electron chi connectivity index (χ1n) is 7.78. The summed E-state index contributed by atoms with van der Waals surface area (Å²) >= 11 is 8.72. The number of carbonyl (C=O) groups excluding carboxylic acids is 1. The maximum atomic E-state index is 12.4.